The fraction of sp³-hybridized carbons (Fsp3) is 0.0769. The summed E-state index contributed by atoms with van der Waals surface area (Å²) in [6, 6.07) is 4.91. The standard InChI is InChI=1S/C13H9F4N3O/c14-10-5-8(2-3-9(10)13(15,16)17)20-12(21)7-1-4-11(18)19-6-7/h1-6H,(H2,18,19)(H,20,21). The molecule has 1 heterocycles. The van der Waals surface area contributed by atoms with Gasteiger partial charge in [-0.3, -0.25) is 4.79 Å². The highest BCUT2D eigenvalue weighted by Gasteiger charge is 2.33. The van der Waals surface area contributed by atoms with Crippen LogP contribution in [0.3, 0.4) is 0 Å². The van der Waals surface area contributed by atoms with Gasteiger partial charge in [0, 0.05) is 11.9 Å². The Bertz CT molecular complexity index is 668. The Labute approximate surface area is 116 Å². The van der Waals surface area contributed by atoms with Gasteiger partial charge in [-0.15, -0.1) is 0 Å². The number of hydrogen-bond acceptors (Lipinski definition) is 3. The summed E-state index contributed by atoms with van der Waals surface area (Å²) in [4.78, 5) is 15.5. The molecule has 0 aliphatic rings. The summed E-state index contributed by atoms with van der Waals surface area (Å²) in [6.45, 7) is 0. The Balaban J connectivity index is 2.19. The number of rotatable bonds is 2. The zero-order valence-electron chi connectivity index (χ0n) is 10.4. The van der Waals surface area contributed by atoms with Gasteiger partial charge >= 0.3 is 6.18 Å². The highest BCUT2D eigenvalue weighted by molar-refractivity contribution is 6.04. The normalized spacial score (nSPS) is 11.2. The van der Waals surface area contributed by atoms with Crippen LogP contribution in [0, 0.1) is 5.82 Å². The minimum atomic E-state index is -4.78. The molecule has 2 aromatic rings. The van der Waals surface area contributed by atoms with Crippen molar-refractivity contribution in [1.29, 1.82) is 0 Å². The zero-order chi connectivity index (χ0) is 15.6. The number of aromatic nitrogens is 1. The molecule has 0 saturated heterocycles. The van der Waals surface area contributed by atoms with Crippen LogP contribution in [0.1, 0.15) is 15.9 Å². The monoisotopic (exact) mass is 299 g/mol. The van der Waals surface area contributed by atoms with Crippen LogP contribution in [-0.4, -0.2) is 10.9 Å². The molecule has 21 heavy (non-hydrogen) atoms. The van der Waals surface area contributed by atoms with Crippen molar-refractivity contribution >= 4 is 17.4 Å². The minimum absolute atomic E-state index is 0.0951. The molecular weight excluding hydrogens is 290 g/mol. The van der Waals surface area contributed by atoms with Crippen LogP contribution in [0.2, 0.25) is 0 Å². The predicted octanol–water partition coefficient (Wildman–Crippen LogP) is 3.07. The summed E-state index contributed by atoms with van der Waals surface area (Å²) in [6.07, 6.45) is -3.58. The van der Waals surface area contributed by atoms with E-state index in [9.17, 15) is 22.4 Å². The lowest BCUT2D eigenvalue weighted by atomic mass is 10.1. The van der Waals surface area contributed by atoms with Crippen molar-refractivity contribution in [3.8, 4) is 0 Å². The van der Waals surface area contributed by atoms with Gasteiger partial charge in [0.25, 0.3) is 5.91 Å². The molecule has 110 valence electrons. The molecule has 2 rings (SSSR count). The number of benzene rings is 1. The number of nitrogen functional groups attached to an aromatic ring is 1. The first-order chi connectivity index (χ1) is 9.77. The lowest BCUT2D eigenvalue weighted by molar-refractivity contribution is -0.139. The zero-order valence-corrected chi connectivity index (χ0v) is 10.4. The van der Waals surface area contributed by atoms with Crippen molar-refractivity contribution in [2.45, 2.75) is 6.18 Å². The van der Waals surface area contributed by atoms with Crippen LogP contribution in [0.15, 0.2) is 36.5 Å². The first kappa shape index (κ1) is 14.8. The third-order valence-corrected chi connectivity index (χ3v) is 2.58. The highest BCUT2D eigenvalue weighted by Crippen LogP contribution is 2.32. The number of carbonyl (C=O) groups is 1. The first-order valence-electron chi connectivity index (χ1n) is 5.67. The van der Waals surface area contributed by atoms with Gasteiger partial charge in [-0.05, 0) is 30.3 Å². The molecule has 4 nitrogen and oxygen atoms in total. The molecule has 1 aromatic carbocycles. The second-order valence-corrected chi connectivity index (χ2v) is 4.12. The fourth-order valence-corrected chi connectivity index (χ4v) is 1.57. The number of nitrogens with two attached hydrogens (primary N) is 1. The predicted molar refractivity (Wildman–Crippen MR) is 68.0 cm³/mol. The van der Waals surface area contributed by atoms with Crippen molar-refractivity contribution < 1.29 is 22.4 Å². The highest BCUT2D eigenvalue weighted by atomic mass is 19.4. The molecule has 0 fully saturated rings. The summed E-state index contributed by atoms with van der Waals surface area (Å²) >= 11 is 0. The molecule has 1 amide bonds. The van der Waals surface area contributed by atoms with Gasteiger partial charge in [0.05, 0.1) is 11.1 Å². The van der Waals surface area contributed by atoms with Crippen molar-refractivity contribution in [2.24, 2.45) is 0 Å². The number of nitrogens with zero attached hydrogens (tertiary/aromatic N) is 1. The number of hydrogen-bond donors (Lipinski definition) is 2. The van der Waals surface area contributed by atoms with E-state index in [0.717, 1.165) is 6.07 Å². The Morgan fingerprint density at radius 3 is 2.43 bits per heavy atom. The first-order valence-corrected chi connectivity index (χ1v) is 5.67. The van der Waals surface area contributed by atoms with E-state index in [1.54, 1.807) is 0 Å². The van der Waals surface area contributed by atoms with Crippen LogP contribution in [0.5, 0.6) is 0 Å². The van der Waals surface area contributed by atoms with Crippen LogP contribution in [0.25, 0.3) is 0 Å². The van der Waals surface area contributed by atoms with Crippen molar-refractivity contribution in [3.63, 3.8) is 0 Å². The number of carbonyl (C=O) groups excluding carboxylic acids is 1. The number of alkyl halides is 3. The van der Waals surface area contributed by atoms with Gasteiger partial charge in [0.2, 0.25) is 0 Å². The lowest BCUT2D eigenvalue weighted by Gasteiger charge is -2.10. The lowest BCUT2D eigenvalue weighted by Crippen LogP contribution is -2.14. The van der Waals surface area contributed by atoms with Crippen molar-refractivity contribution in [2.75, 3.05) is 11.1 Å². The topological polar surface area (TPSA) is 68.0 Å². The summed E-state index contributed by atoms with van der Waals surface area (Å²) in [7, 11) is 0. The molecule has 0 saturated carbocycles. The van der Waals surface area contributed by atoms with Crippen LogP contribution < -0.4 is 11.1 Å². The largest absolute Gasteiger partial charge is 0.419 e. The van der Waals surface area contributed by atoms with Crippen LogP contribution >= 0.6 is 0 Å². The number of anilines is 2. The molecule has 0 spiro atoms. The Kier molecular flexibility index (Phi) is 3.79. The van der Waals surface area contributed by atoms with Crippen LogP contribution in [-0.2, 0) is 6.18 Å². The molecule has 1 aromatic heterocycles. The maximum atomic E-state index is 13.4. The van der Waals surface area contributed by atoms with Gasteiger partial charge < -0.3 is 11.1 Å². The molecule has 0 unspecified atom stereocenters. The van der Waals surface area contributed by atoms with E-state index in [-0.39, 0.29) is 17.1 Å². The van der Waals surface area contributed by atoms with E-state index in [4.69, 9.17) is 5.73 Å². The molecule has 0 atom stereocenters. The van der Waals surface area contributed by atoms with Gasteiger partial charge in [0.15, 0.2) is 0 Å². The summed E-state index contributed by atoms with van der Waals surface area (Å²) in [5.74, 6) is -1.88. The molecular formula is C13H9F4N3O. The van der Waals surface area contributed by atoms with E-state index in [1.165, 1.54) is 18.3 Å². The molecule has 3 N–H and O–H groups in total. The minimum Gasteiger partial charge on any atom is -0.384 e. The summed E-state index contributed by atoms with van der Waals surface area (Å²) in [5.41, 5.74) is 4.01. The Morgan fingerprint density at radius 1 is 1.19 bits per heavy atom. The maximum Gasteiger partial charge on any atom is 0.419 e. The molecule has 0 aliphatic heterocycles. The van der Waals surface area contributed by atoms with Gasteiger partial charge in [-0.2, -0.15) is 13.2 Å². The average Bonchev–Trinajstić information content (AvgIpc) is 2.37. The number of nitrogens with one attached hydrogen (secondary N) is 1. The van der Waals surface area contributed by atoms with Gasteiger partial charge in [-0.1, -0.05) is 0 Å². The Morgan fingerprint density at radius 2 is 1.90 bits per heavy atom. The molecule has 0 aliphatic carbocycles. The number of pyridine rings is 1. The third kappa shape index (κ3) is 3.47. The van der Waals surface area contributed by atoms with Crippen molar-refractivity contribution in [3.05, 3.63) is 53.5 Å². The van der Waals surface area contributed by atoms with E-state index in [1.807, 2.05) is 0 Å². The number of amides is 1. The van der Waals surface area contributed by atoms with Gasteiger partial charge in [-0.25, -0.2) is 9.37 Å². The number of halogens is 4. The van der Waals surface area contributed by atoms with E-state index in [0.29, 0.717) is 12.1 Å². The van der Waals surface area contributed by atoms with E-state index in [2.05, 4.69) is 10.3 Å². The third-order valence-electron chi connectivity index (χ3n) is 2.58. The van der Waals surface area contributed by atoms with Crippen molar-refractivity contribution in [1.82, 2.24) is 4.98 Å². The maximum absolute atomic E-state index is 13.4. The molecule has 8 heteroatoms. The Hall–Kier alpha value is -2.64. The van der Waals surface area contributed by atoms with E-state index < -0.39 is 23.5 Å². The molecule has 0 radical (unpaired) electrons. The quantitative estimate of drug-likeness (QED) is 0.837. The molecule has 0 bridgehead atoms. The second-order valence-electron chi connectivity index (χ2n) is 4.12. The smallest absolute Gasteiger partial charge is 0.384 e. The SMILES string of the molecule is Nc1ccc(C(=O)Nc2ccc(C(F)(F)F)c(F)c2)cn1. The second kappa shape index (κ2) is 5.39. The van der Waals surface area contributed by atoms with Crippen LogP contribution in [0.4, 0.5) is 29.1 Å². The summed E-state index contributed by atoms with van der Waals surface area (Å²) < 4.78 is 50.5. The van der Waals surface area contributed by atoms with Gasteiger partial charge in [0.1, 0.15) is 11.6 Å². The van der Waals surface area contributed by atoms with E-state index >= 15 is 0 Å². The fourth-order valence-electron chi connectivity index (χ4n) is 1.57. The summed E-state index contributed by atoms with van der Waals surface area (Å²) in [5, 5.41) is 2.27. The average molecular weight is 299 g/mol.